The normalized spacial score (nSPS) is 18.6. The average Bonchev–Trinajstić information content (AvgIpc) is 2.55. The van der Waals surface area contributed by atoms with E-state index in [1.165, 1.54) is 44.2 Å². The summed E-state index contributed by atoms with van der Waals surface area (Å²) < 4.78 is 25.1. The third-order valence-electron chi connectivity index (χ3n) is 4.28. The molecule has 1 saturated carbocycles. The van der Waals surface area contributed by atoms with Crippen LogP contribution in [-0.2, 0) is 21.3 Å². The molecule has 0 unspecified atom stereocenters. The molecule has 22 heavy (non-hydrogen) atoms. The highest BCUT2D eigenvalue weighted by molar-refractivity contribution is 7.85. The molecule has 1 fully saturated rings. The van der Waals surface area contributed by atoms with Crippen LogP contribution in [0.4, 0.5) is 4.39 Å². The topological polar surface area (TPSA) is 46.2 Å². The number of amides is 1. The van der Waals surface area contributed by atoms with Gasteiger partial charge in [0.25, 0.3) is 0 Å². The van der Waals surface area contributed by atoms with E-state index in [0.717, 1.165) is 5.56 Å². The number of halogens is 1. The Hall–Kier alpha value is -1.23. The first-order chi connectivity index (χ1) is 10.6. The molecule has 2 rings (SSSR count). The van der Waals surface area contributed by atoms with Crippen LogP contribution in [0.3, 0.4) is 0 Å². The van der Waals surface area contributed by atoms with Crippen LogP contribution in [0, 0.1) is 11.7 Å². The molecule has 0 radical (unpaired) electrons. The minimum atomic E-state index is -1.29. The number of nitrogens with one attached hydrogen (secondary N) is 1. The van der Waals surface area contributed by atoms with Crippen LogP contribution < -0.4 is 5.32 Å². The van der Waals surface area contributed by atoms with Gasteiger partial charge in [-0.25, -0.2) is 4.39 Å². The van der Waals surface area contributed by atoms with Crippen LogP contribution in [-0.4, -0.2) is 21.9 Å². The van der Waals surface area contributed by atoms with Gasteiger partial charge in [-0.05, 0) is 43.4 Å². The van der Waals surface area contributed by atoms with Gasteiger partial charge in [0.2, 0.25) is 5.91 Å². The lowest BCUT2D eigenvalue weighted by Crippen LogP contribution is -2.38. The van der Waals surface area contributed by atoms with E-state index < -0.39 is 16.0 Å². The maximum absolute atomic E-state index is 12.8. The molecule has 3 nitrogen and oxygen atoms in total. The van der Waals surface area contributed by atoms with Crippen LogP contribution in [0.15, 0.2) is 24.3 Å². The molecule has 5 heteroatoms. The van der Waals surface area contributed by atoms with Crippen molar-refractivity contribution in [2.75, 3.05) is 6.54 Å². The smallest absolute Gasteiger partial charge is 0.235 e. The van der Waals surface area contributed by atoms with E-state index in [4.69, 9.17) is 0 Å². The zero-order chi connectivity index (χ0) is 15.9. The lowest BCUT2D eigenvalue weighted by atomic mass is 9.89. The highest BCUT2D eigenvalue weighted by Gasteiger charge is 2.21. The molecule has 122 valence electrons. The van der Waals surface area contributed by atoms with Crippen LogP contribution in [0.5, 0.6) is 0 Å². The van der Waals surface area contributed by atoms with E-state index in [-0.39, 0.29) is 17.5 Å². The number of hydrogen-bond donors (Lipinski definition) is 1. The molecule has 0 spiro atoms. The van der Waals surface area contributed by atoms with E-state index in [0.29, 0.717) is 12.5 Å². The Kier molecular flexibility index (Phi) is 6.55. The standard InChI is InChI=1S/C17H24FNO2S/c1-13(17(20)19-11-14-5-3-2-4-6-14)22(21)12-15-7-9-16(18)10-8-15/h7-10,13-14H,2-6,11-12H2,1H3,(H,19,20)/t13-,22-/m1/s1. The average molecular weight is 325 g/mol. The first-order valence-corrected chi connectivity index (χ1v) is 9.34. The maximum Gasteiger partial charge on any atom is 0.235 e. The van der Waals surface area contributed by atoms with E-state index in [1.807, 2.05) is 0 Å². The number of benzene rings is 1. The zero-order valence-corrected chi connectivity index (χ0v) is 13.8. The van der Waals surface area contributed by atoms with Crippen molar-refractivity contribution in [3.05, 3.63) is 35.6 Å². The summed E-state index contributed by atoms with van der Waals surface area (Å²) in [6.45, 7) is 2.38. The van der Waals surface area contributed by atoms with Crippen LogP contribution in [0.2, 0.25) is 0 Å². The molecule has 0 bridgehead atoms. The predicted octanol–water partition coefficient (Wildman–Crippen LogP) is 3.16. The molecule has 0 aliphatic heterocycles. The highest BCUT2D eigenvalue weighted by Crippen LogP contribution is 2.22. The van der Waals surface area contributed by atoms with Crippen molar-refractivity contribution in [3.63, 3.8) is 0 Å². The Morgan fingerprint density at radius 3 is 2.55 bits per heavy atom. The van der Waals surface area contributed by atoms with Crippen molar-refractivity contribution >= 4 is 16.7 Å². The molecule has 2 atom stereocenters. The third-order valence-corrected chi connectivity index (χ3v) is 5.90. The van der Waals surface area contributed by atoms with Gasteiger partial charge in [-0.15, -0.1) is 0 Å². The van der Waals surface area contributed by atoms with Gasteiger partial charge >= 0.3 is 0 Å². The molecule has 1 aromatic rings. The molecule has 1 aliphatic rings. The van der Waals surface area contributed by atoms with Gasteiger partial charge in [-0.2, -0.15) is 0 Å². The highest BCUT2D eigenvalue weighted by atomic mass is 32.2. The van der Waals surface area contributed by atoms with Gasteiger partial charge in [0.15, 0.2) is 0 Å². The van der Waals surface area contributed by atoms with Crippen LogP contribution >= 0.6 is 0 Å². The summed E-state index contributed by atoms with van der Waals surface area (Å²) in [5.41, 5.74) is 0.784. The summed E-state index contributed by atoms with van der Waals surface area (Å²) in [5, 5.41) is 2.39. The summed E-state index contributed by atoms with van der Waals surface area (Å²) in [7, 11) is -1.29. The van der Waals surface area contributed by atoms with E-state index >= 15 is 0 Å². The monoisotopic (exact) mass is 325 g/mol. The van der Waals surface area contributed by atoms with Crippen molar-refractivity contribution < 1.29 is 13.4 Å². The molecule has 1 aliphatic carbocycles. The van der Waals surface area contributed by atoms with Crippen molar-refractivity contribution in [1.29, 1.82) is 0 Å². The minimum Gasteiger partial charge on any atom is -0.355 e. The summed E-state index contributed by atoms with van der Waals surface area (Å²) in [4.78, 5) is 12.1. The molecule has 0 aromatic heterocycles. The summed E-state index contributed by atoms with van der Waals surface area (Å²) >= 11 is 0. The number of carbonyl (C=O) groups excluding carboxylic acids is 1. The van der Waals surface area contributed by atoms with Gasteiger partial charge < -0.3 is 5.32 Å². The molecular formula is C17H24FNO2S. The lowest BCUT2D eigenvalue weighted by molar-refractivity contribution is -0.120. The largest absolute Gasteiger partial charge is 0.355 e. The van der Waals surface area contributed by atoms with Crippen molar-refractivity contribution in [2.24, 2.45) is 5.92 Å². The Balaban J connectivity index is 1.78. The number of hydrogen-bond acceptors (Lipinski definition) is 2. The maximum atomic E-state index is 12.8. The minimum absolute atomic E-state index is 0.147. The SMILES string of the molecule is C[C@H](C(=O)NCC1CCCCC1)[S@](=O)Cc1ccc(F)cc1. The van der Waals surface area contributed by atoms with E-state index in [9.17, 15) is 13.4 Å². The third kappa shape index (κ3) is 5.20. The Bertz CT molecular complexity index is 512. The van der Waals surface area contributed by atoms with Gasteiger partial charge in [0.1, 0.15) is 11.1 Å². The number of carbonyl (C=O) groups is 1. The zero-order valence-electron chi connectivity index (χ0n) is 13.0. The molecule has 0 heterocycles. The first-order valence-electron chi connectivity index (χ1n) is 7.95. The van der Waals surface area contributed by atoms with Gasteiger partial charge in [-0.3, -0.25) is 9.00 Å². The molecular weight excluding hydrogens is 301 g/mol. The fourth-order valence-electron chi connectivity index (χ4n) is 2.77. The first kappa shape index (κ1) is 17.1. The summed E-state index contributed by atoms with van der Waals surface area (Å²) in [5.74, 6) is 0.382. The quantitative estimate of drug-likeness (QED) is 0.873. The fourth-order valence-corrected chi connectivity index (χ4v) is 3.86. The van der Waals surface area contributed by atoms with Crippen LogP contribution in [0.1, 0.15) is 44.6 Å². The molecule has 1 aromatic carbocycles. The Labute approximate surface area is 134 Å². The molecule has 1 N–H and O–H groups in total. The fraction of sp³-hybridized carbons (Fsp3) is 0.588. The molecule has 0 saturated heterocycles. The van der Waals surface area contributed by atoms with Crippen molar-refractivity contribution in [1.82, 2.24) is 5.32 Å². The van der Waals surface area contributed by atoms with E-state index in [1.54, 1.807) is 19.1 Å². The summed E-state index contributed by atoms with van der Waals surface area (Å²) in [6.07, 6.45) is 6.13. The van der Waals surface area contributed by atoms with Crippen molar-refractivity contribution in [3.8, 4) is 0 Å². The molecule has 1 amide bonds. The second-order valence-electron chi connectivity index (χ2n) is 6.04. The lowest BCUT2D eigenvalue weighted by Gasteiger charge is -2.22. The van der Waals surface area contributed by atoms with E-state index in [2.05, 4.69) is 5.32 Å². The summed E-state index contributed by atoms with van der Waals surface area (Å²) in [6, 6.07) is 5.92. The van der Waals surface area contributed by atoms with Crippen molar-refractivity contribution in [2.45, 2.75) is 50.0 Å². The Morgan fingerprint density at radius 2 is 1.91 bits per heavy atom. The Morgan fingerprint density at radius 1 is 1.27 bits per heavy atom. The number of rotatable bonds is 6. The predicted molar refractivity (Wildman–Crippen MR) is 87.3 cm³/mol. The van der Waals surface area contributed by atoms with Gasteiger partial charge in [0.05, 0.1) is 0 Å². The van der Waals surface area contributed by atoms with Gasteiger partial charge in [-0.1, -0.05) is 31.4 Å². The van der Waals surface area contributed by atoms with Gasteiger partial charge in [0, 0.05) is 23.1 Å². The second-order valence-corrected chi connectivity index (χ2v) is 7.80. The second kappa shape index (κ2) is 8.42. The van der Waals surface area contributed by atoms with Crippen LogP contribution in [0.25, 0.3) is 0 Å².